The molecule has 5 N–H and O–H groups in total. The molecule has 18 nitrogen and oxygen atoms in total. The summed E-state index contributed by atoms with van der Waals surface area (Å²) >= 11 is 0. The standard InChI is InChI=1S/C38H37FN3O6P.C21H19FN3O6P/c1-3-46-49(45,47-4-2)23-22-41-37(43)32-30-16-11-21-40-34(30)36(48-35(27-12-7-5-8-13-27)28-14-9-6-10-15-28)33-31(32)25-42(38(33)44)24-26-17-19-29(39)20-18-26;22-13-5-3-12(4-6-13)10-25-11-15-16(20(27)24-8-9-32(29,30)31)14-2-1-7-23-18(14)19(26)17(15)21(25)28/h5-21,35H,3-4,22-25H2,1-2H3,(H,41,43);1-7,26H,8-11H2,(H,24,27)(H2,29,30,31). The zero-order valence-electron chi connectivity index (χ0n) is 44.0. The van der Waals surface area contributed by atoms with Crippen molar-refractivity contribution in [2.24, 2.45) is 0 Å². The number of hydrogen-bond acceptors (Lipinski definition) is 12. The Labute approximate surface area is 464 Å². The topological polar surface area (TPSA) is 247 Å². The lowest BCUT2D eigenvalue weighted by Crippen LogP contribution is -2.28. The number of amides is 4. The first kappa shape index (κ1) is 57.5. The van der Waals surface area contributed by atoms with Crippen LogP contribution in [0.3, 0.4) is 0 Å². The van der Waals surface area contributed by atoms with Crippen molar-refractivity contribution in [1.82, 2.24) is 30.4 Å². The fourth-order valence-corrected chi connectivity index (χ4v) is 11.8. The third-order valence-electron chi connectivity index (χ3n) is 13.4. The summed E-state index contributed by atoms with van der Waals surface area (Å²) in [4.78, 5) is 84.4. The van der Waals surface area contributed by atoms with Crippen LogP contribution in [-0.4, -0.2) is 96.9 Å². The molecule has 6 aromatic carbocycles. The number of nitrogens with zero attached hydrogens (tertiary/aromatic N) is 4. The van der Waals surface area contributed by atoms with E-state index < -0.39 is 51.0 Å². The van der Waals surface area contributed by atoms with Crippen molar-refractivity contribution in [3.05, 3.63) is 213 Å². The van der Waals surface area contributed by atoms with E-state index in [1.54, 1.807) is 73.5 Å². The lowest BCUT2D eigenvalue weighted by atomic mass is 9.95. The number of phenolic OH excluding ortho intramolecular Hbond substituents is 1. The number of nitrogens with one attached hydrogen (secondary N) is 2. The Hall–Kier alpha value is -8.22. The molecule has 8 aromatic rings. The van der Waals surface area contributed by atoms with Gasteiger partial charge in [0.05, 0.1) is 47.8 Å². The minimum absolute atomic E-state index is 0.0161. The van der Waals surface area contributed by atoms with Crippen LogP contribution < -0.4 is 15.4 Å². The first-order chi connectivity index (χ1) is 39.0. The molecule has 0 atom stereocenters. The van der Waals surface area contributed by atoms with Gasteiger partial charge in [0.2, 0.25) is 0 Å². The van der Waals surface area contributed by atoms with E-state index in [2.05, 4.69) is 20.6 Å². The van der Waals surface area contributed by atoms with Crippen molar-refractivity contribution >= 4 is 60.6 Å². The SMILES string of the molecule is CCOP(=O)(CCNC(=O)c1c2c(c(OC(c3ccccc3)c3ccccc3)c3ncccc13)C(=O)N(Cc1ccc(F)cc1)C2)OCC.O=C(NCCP(=O)(O)O)c1c2c(c(O)c3ncccc13)C(=O)N(Cc1ccc(F)cc1)C2. The van der Waals surface area contributed by atoms with Crippen LogP contribution in [0.5, 0.6) is 11.5 Å². The summed E-state index contributed by atoms with van der Waals surface area (Å²) in [5, 5.41) is 16.9. The maximum atomic E-state index is 14.4. The number of aromatic nitrogens is 2. The maximum absolute atomic E-state index is 14.4. The summed E-state index contributed by atoms with van der Waals surface area (Å²) in [5.41, 5.74) is 4.93. The number of carbonyl (C=O) groups excluding carboxylic acids is 4. The molecule has 2 aromatic heterocycles. The van der Waals surface area contributed by atoms with Gasteiger partial charge in [-0.1, -0.05) is 97.1 Å². The Morgan fingerprint density at radius 3 is 1.54 bits per heavy atom. The molecule has 0 fully saturated rings. The highest BCUT2D eigenvalue weighted by Gasteiger charge is 2.40. The zero-order valence-corrected chi connectivity index (χ0v) is 45.7. The van der Waals surface area contributed by atoms with Gasteiger partial charge in [0.1, 0.15) is 28.8 Å². The Morgan fingerprint density at radius 2 is 1.06 bits per heavy atom. The van der Waals surface area contributed by atoms with Crippen LogP contribution in [0.25, 0.3) is 21.8 Å². The molecule has 2 aliphatic rings. The van der Waals surface area contributed by atoms with Crippen LogP contribution in [0.15, 0.2) is 146 Å². The van der Waals surface area contributed by atoms with Gasteiger partial charge in [0, 0.05) is 73.6 Å². The van der Waals surface area contributed by atoms with Gasteiger partial charge in [-0.05, 0) is 72.5 Å². The predicted molar refractivity (Wildman–Crippen MR) is 298 cm³/mol. The van der Waals surface area contributed by atoms with Crippen molar-refractivity contribution in [3.63, 3.8) is 0 Å². The van der Waals surface area contributed by atoms with Gasteiger partial charge >= 0.3 is 15.2 Å². The second-order valence-corrected chi connectivity index (χ2v) is 22.9. The molecule has 81 heavy (non-hydrogen) atoms. The van der Waals surface area contributed by atoms with Gasteiger partial charge in [-0.3, -0.25) is 38.3 Å². The summed E-state index contributed by atoms with van der Waals surface area (Å²) in [6.07, 6.45) is 1.86. The molecule has 0 radical (unpaired) electrons. The van der Waals surface area contributed by atoms with Gasteiger partial charge in [-0.2, -0.15) is 0 Å². The summed E-state index contributed by atoms with van der Waals surface area (Å²) in [6.45, 7) is 4.05. The fourth-order valence-electron chi connectivity index (χ4n) is 9.86. The number of carbonyl (C=O) groups is 4. The van der Waals surface area contributed by atoms with E-state index >= 15 is 0 Å². The molecule has 0 saturated heterocycles. The van der Waals surface area contributed by atoms with Gasteiger partial charge in [0.15, 0.2) is 11.5 Å². The first-order valence-corrected chi connectivity index (χ1v) is 29.4. The van der Waals surface area contributed by atoms with Crippen molar-refractivity contribution in [2.45, 2.75) is 46.1 Å². The number of pyridine rings is 2. The summed E-state index contributed by atoms with van der Waals surface area (Å²) in [7, 11) is -7.72. The summed E-state index contributed by atoms with van der Waals surface area (Å²) in [5.74, 6) is -2.79. The molecular formula is C59H56F2N6O12P2. The minimum atomic E-state index is -4.30. The Morgan fingerprint density at radius 1 is 0.617 bits per heavy atom. The van der Waals surface area contributed by atoms with E-state index in [1.165, 1.54) is 35.4 Å². The molecule has 4 heterocycles. The average molecular weight is 1140 g/mol. The number of hydrogen-bond donors (Lipinski definition) is 5. The third-order valence-corrected chi connectivity index (χ3v) is 16.3. The average Bonchev–Trinajstić information content (AvgIpc) is 3.01. The number of fused-ring (bicyclic) bond motifs is 4. The monoisotopic (exact) mass is 1140 g/mol. The van der Waals surface area contributed by atoms with E-state index in [1.807, 2.05) is 60.7 Å². The number of benzene rings is 6. The predicted octanol–water partition coefficient (Wildman–Crippen LogP) is 9.84. The third kappa shape index (κ3) is 13.0. The van der Waals surface area contributed by atoms with Crippen LogP contribution in [0.4, 0.5) is 8.78 Å². The van der Waals surface area contributed by atoms with Crippen molar-refractivity contribution in [3.8, 4) is 11.5 Å². The summed E-state index contributed by atoms with van der Waals surface area (Å²) in [6, 6.07) is 37.6. The molecule has 0 spiro atoms. The Bertz CT molecular complexity index is 3700. The van der Waals surface area contributed by atoms with E-state index in [0.717, 1.165) is 16.7 Å². The molecular weight excluding hydrogens is 1080 g/mol. The second kappa shape index (κ2) is 25.1. The molecule has 0 bridgehead atoms. The normalized spacial score (nSPS) is 13.1. The van der Waals surface area contributed by atoms with Crippen LogP contribution >= 0.6 is 15.2 Å². The molecule has 0 saturated carbocycles. The molecule has 0 unspecified atom stereocenters. The number of phenols is 1. The van der Waals surface area contributed by atoms with Crippen LogP contribution in [0.1, 0.15) is 94.8 Å². The van der Waals surface area contributed by atoms with Gasteiger partial charge < -0.3 is 49.1 Å². The highest BCUT2D eigenvalue weighted by atomic mass is 31.2. The minimum Gasteiger partial charge on any atom is -0.505 e. The Kier molecular flexibility index (Phi) is 17.8. The van der Waals surface area contributed by atoms with E-state index in [-0.39, 0.29) is 110 Å². The number of halogens is 2. The molecule has 22 heteroatoms. The highest BCUT2D eigenvalue weighted by Crippen LogP contribution is 2.48. The highest BCUT2D eigenvalue weighted by molar-refractivity contribution is 7.53. The second-order valence-electron chi connectivity index (χ2n) is 18.9. The lowest BCUT2D eigenvalue weighted by molar-refractivity contribution is 0.0755. The van der Waals surface area contributed by atoms with Crippen LogP contribution in [0.2, 0.25) is 0 Å². The molecule has 10 rings (SSSR count). The first-order valence-electron chi connectivity index (χ1n) is 25.9. The molecule has 0 aliphatic carbocycles. The molecule has 4 amide bonds. The summed E-state index contributed by atoms with van der Waals surface area (Å²) < 4.78 is 68.8. The van der Waals surface area contributed by atoms with E-state index in [0.29, 0.717) is 33.0 Å². The molecule has 2 aliphatic heterocycles. The van der Waals surface area contributed by atoms with Gasteiger partial charge in [-0.25, -0.2) is 8.78 Å². The van der Waals surface area contributed by atoms with Crippen molar-refractivity contribution in [2.75, 3.05) is 38.6 Å². The van der Waals surface area contributed by atoms with E-state index in [4.69, 9.17) is 23.6 Å². The Balaban J connectivity index is 0.000000214. The van der Waals surface area contributed by atoms with Gasteiger partial charge in [0.25, 0.3) is 23.6 Å². The van der Waals surface area contributed by atoms with Crippen LogP contribution in [-0.2, 0) is 44.4 Å². The van der Waals surface area contributed by atoms with Gasteiger partial charge in [-0.15, -0.1) is 0 Å². The van der Waals surface area contributed by atoms with Crippen molar-refractivity contribution in [1.29, 1.82) is 0 Å². The molecule has 418 valence electrons. The maximum Gasteiger partial charge on any atom is 0.332 e. The van der Waals surface area contributed by atoms with E-state index in [9.17, 15) is 42.2 Å². The van der Waals surface area contributed by atoms with Crippen LogP contribution in [0, 0.1) is 11.6 Å². The number of ether oxygens (including phenoxy) is 1. The lowest BCUT2D eigenvalue weighted by Gasteiger charge is -2.23. The van der Waals surface area contributed by atoms with Crippen molar-refractivity contribution < 1.29 is 65.8 Å². The number of aromatic hydroxyl groups is 1. The number of rotatable bonds is 20. The fraction of sp³-hybridized carbons (Fsp3) is 0.220. The quantitative estimate of drug-likeness (QED) is 0.0446. The zero-order chi connectivity index (χ0) is 57.4. The smallest absolute Gasteiger partial charge is 0.332 e. The largest absolute Gasteiger partial charge is 0.505 e.